The lowest BCUT2D eigenvalue weighted by atomic mass is 9.96. The summed E-state index contributed by atoms with van der Waals surface area (Å²) in [5.74, 6) is 0.0239. The Morgan fingerprint density at radius 1 is 0.643 bits per heavy atom. The van der Waals surface area contributed by atoms with Gasteiger partial charge < -0.3 is 20.4 Å². The Labute approximate surface area is 209 Å². The molecule has 4 N–H and O–H groups in total. The molecular weight excluding hydrogens is 704 g/mol. The Morgan fingerprint density at radius 3 is 1.25 bits per heavy atom. The Bertz CT molecular complexity index is 785. The van der Waals surface area contributed by atoms with E-state index in [9.17, 15) is 20.4 Å². The van der Waals surface area contributed by atoms with Crippen molar-refractivity contribution in [2.45, 2.75) is 32.4 Å². The molecule has 12 heteroatoms. The fourth-order valence-electron chi connectivity index (χ4n) is 2.81. The lowest BCUT2D eigenvalue weighted by molar-refractivity contribution is 0.297. The van der Waals surface area contributed by atoms with Gasteiger partial charge in [-0.2, -0.15) is 0 Å². The summed E-state index contributed by atoms with van der Waals surface area (Å²) in [6.07, 6.45) is 0.789. The number of aliphatic hydroxyl groups excluding tert-OH is 2. The standard InChI is InChI=1S/C16H14Br4O4S4/c17-25-11-5-9(23)13(15(27-19)7(11)1-3-21)14-10(24)6-12(26-18)8(2-4-22)16(14)28-20/h5-6,21-24H,1-4H2. The van der Waals surface area contributed by atoms with E-state index >= 15 is 0 Å². The van der Waals surface area contributed by atoms with E-state index in [1.165, 1.54) is 40.8 Å². The van der Waals surface area contributed by atoms with Gasteiger partial charge in [-0.05, 0) is 136 Å². The fourth-order valence-corrected chi connectivity index (χ4v) is 8.90. The summed E-state index contributed by atoms with van der Waals surface area (Å²) in [5.41, 5.74) is 2.65. The molecule has 0 bridgehead atoms. The summed E-state index contributed by atoms with van der Waals surface area (Å²) >= 11 is 13.5. The van der Waals surface area contributed by atoms with Crippen LogP contribution in [0.25, 0.3) is 11.1 Å². The number of rotatable bonds is 9. The van der Waals surface area contributed by atoms with Crippen molar-refractivity contribution in [3.63, 3.8) is 0 Å². The van der Waals surface area contributed by atoms with Crippen LogP contribution in [0.1, 0.15) is 11.1 Å². The first-order chi connectivity index (χ1) is 13.5. The molecule has 2 rings (SSSR count). The van der Waals surface area contributed by atoms with E-state index in [4.69, 9.17) is 0 Å². The molecule has 0 aromatic heterocycles. The van der Waals surface area contributed by atoms with Crippen molar-refractivity contribution in [3.05, 3.63) is 23.3 Å². The SMILES string of the molecule is OCCc1c(SBr)cc(O)c(-c2c(O)cc(SBr)c(CCO)c2SBr)c1SBr. The average Bonchev–Trinajstić information content (AvgIpc) is 2.69. The van der Waals surface area contributed by atoms with Gasteiger partial charge in [0.15, 0.2) is 0 Å². The highest BCUT2D eigenvalue weighted by molar-refractivity contribution is 9.50. The molecular formula is C16H14Br4O4S4. The van der Waals surface area contributed by atoms with Crippen LogP contribution >= 0.6 is 100 Å². The van der Waals surface area contributed by atoms with E-state index in [-0.39, 0.29) is 24.7 Å². The molecule has 2 aromatic rings. The summed E-state index contributed by atoms with van der Waals surface area (Å²) in [5, 5.41) is 40.7. The van der Waals surface area contributed by atoms with Gasteiger partial charge in [0.1, 0.15) is 11.5 Å². The Hall–Kier alpha value is 1.28. The lowest BCUT2D eigenvalue weighted by Gasteiger charge is -2.21. The zero-order valence-electron chi connectivity index (χ0n) is 13.9. The van der Waals surface area contributed by atoms with Crippen LogP contribution in [0.15, 0.2) is 31.7 Å². The number of phenols is 2. The average molecular weight is 718 g/mol. The molecule has 0 spiro atoms. The summed E-state index contributed by atoms with van der Waals surface area (Å²) in [6, 6.07) is 3.24. The lowest BCUT2D eigenvalue weighted by Crippen LogP contribution is -2.01. The van der Waals surface area contributed by atoms with Gasteiger partial charge >= 0.3 is 0 Å². The summed E-state index contributed by atoms with van der Waals surface area (Å²) in [6.45, 7) is -0.0986. The van der Waals surface area contributed by atoms with Crippen LogP contribution in [0, 0.1) is 0 Å². The molecule has 0 heterocycles. The molecule has 154 valence electrons. The summed E-state index contributed by atoms with van der Waals surface area (Å²) < 4.78 is 0. The zero-order valence-corrected chi connectivity index (χ0v) is 23.5. The second-order valence-corrected chi connectivity index (χ2v) is 11.6. The van der Waals surface area contributed by atoms with Gasteiger partial charge in [-0.3, -0.25) is 0 Å². The molecule has 0 saturated heterocycles. The minimum absolute atomic E-state index is 0.0119. The number of phenolic OH excluding ortho intramolecular Hbond substituents is 2. The van der Waals surface area contributed by atoms with Crippen LogP contribution in [0.2, 0.25) is 0 Å². The van der Waals surface area contributed by atoms with Crippen molar-refractivity contribution in [2.75, 3.05) is 13.2 Å². The highest BCUT2D eigenvalue weighted by atomic mass is 79.9. The maximum atomic E-state index is 10.8. The maximum absolute atomic E-state index is 10.8. The first-order valence-electron chi connectivity index (χ1n) is 7.63. The summed E-state index contributed by atoms with van der Waals surface area (Å²) in [7, 11) is 5.13. The second kappa shape index (κ2) is 12.4. The number of hydrogen-bond acceptors (Lipinski definition) is 8. The van der Waals surface area contributed by atoms with E-state index < -0.39 is 0 Å². The van der Waals surface area contributed by atoms with E-state index in [0.29, 0.717) is 33.8 Å². The predicted molar refractivity (Wildman–Crippen MR) is 136 cm³/mol. The van der Waals surface area contributed by atoms with Gasteiger partial charge in [-0.15, -0.1) is 0 Å². The van der Waals surface area contributed by atoms with Crippen molar-refractivity contribution in [1.29, 1.82) is 0 Å². The van der Waals surface area contributed by atoms with Gasteiger partial charge in [0.25, 0.3) is 0 Å². The van der Waals surface area contributed by atoms with Crippen molar-refractivity contribution < 1.29 is 20.4 Å². The Morgan fingerprint density at radius 2 is 1.00 bits per heavy atom. The van der Waals surface area contributed by atoms with E-state index in [1.807, 2.05) is 0 Å². The molecule has 0 amide bonds. The topological polar surface area (TPSA) is 80.9 Å². The molecule has 0 fully saturated rings. The first-order valence-corrected chi connectivity index (χ1v) is 18.3. The molecule has 0 aliphatic rings. The number of halogens is 4. The maximum Gasteiger partial charge on any atom is 0.125 e. The van der Waals surface area contributed by atoms with Crippen molar-refractivity contribution in [1.82, 2.24) is 0 Å². The normalized spacial score (nSPS) is 11.2. The van der Waals surface area contributed by atoms with Gasteiger partial charge in [0.2, 0.25) is 0 Å². The highest BCUT2D eigenvalue weighted by Gasteiger charge is 2.26. The van der Waals surface area contributed by atoms with E-state index in [1.54, 1.807) is 12.1 Å². The predicted octanol–water partition coefficient (Wildman–Crippen LogP) is 7.44. The molecule has 2 aromatic carbocycles. The Balaban J connectivity index is 2.94. The number of aliphatic hydroxyl groups is 2. The van der Waals surface area contributed by atoms with Crippen molar-refractivity contribution in [2.24, 2.45) is 0 Å². The zero-order chi connectivity index (χ0) is 20.8. The van der Waals surface area contributed by atoms with E-state index in [0.717, 1.165) is 20.9 Å². The van der Waals surface area contributed by atoms with Crippen LogP contribution in [-0.4, -0.2) is 33.6 Å². The number of hydrogen-bond donors (Lipinski definition) is 4. The molecule has 0 aliphatic carbocycles. The van der Waals surface area contributed by atoms with Gasteiger partial charge in [0, 0.05) is 43.9 Å². The molecule has 0 aliphatic heterocycles. The molecule has 0 atom stereocenters. The van der Waals surface area contributed by atoms with Crippen LogP contribution in [0.4, 0.5) is 0 Å². The minimum atomic E-state index is -0.0493. The fraction of sp³-hybridized carbons (Fsp3) is 0.250. The van der Waals surface area contributed by atoms with Crippen LogP contribution in [0.5, 0.6) is 11.5 Å². The van der Waals surface area contributed by atoms with Crippen molar-refractivity contribution >= 4 is 100 Å². The molecule has 0 radical (unpaired) electrons. The van der Waals surface area contributed by atoms with Gasteiger partial charge in [-0.25, -0.2) is 0 Å². The van der Waals surface area contributed by atoms with Crippen molar-refractivity contribution in [3.8, 4) is 22.6 Å². The first kappa shape index (κ1) is 25.5. The third kappa shape index (κ3) is 5.36. The van der Waals surface area contributed by atoms with Crippen LogP contribution in [0.3, 0.4) is 0 Å². The summed E-state index contributed by atoms with van der Waals surface area (Å²) in [4.78, 5) is 2.99. The second-order valence-electron chi connectivity index (χ2n) is 5.41. The highest BCUT2D eigenvalue weighted by Crippen LogP contribution is 2.54. The molecule has 28 heavy (non-hydrogen) atoms. The van der Waals surface area contributed by atoms with Crippen LogP contribution in [-0.2, 0) is 12.8 Å². The molecule has 0 saturated carbocycles. The van der Waals surface area contributed by atoms with Gasteiger partial charge in [-0.1, -0.05) is 0 Å². The number of aromatic hydroxyl groups is 2. The third-order valence-electron chi connectivity index (χ3n) is 3.94. The minimum Gasteiger partial charge on any atom is -0.507 e. The Kier molecular flexibility index (Phi) is 11.3. The molecule has 0 unspecified atom stereocenters. The monoisotopic (exact) mass is 714 g/mol. The van der Waals surface area contributed by atoms with Gasteiger partial charge in [0.05, 0.1) is 0 Å². The quantitative estimate of drug-likeness (QED) is 0.213. The smallest absolute Gasteiger partial charge is 0.125 e. The largest absolute Gasteiger partial charge is 0.507 e. The number of benzene rings is 2. The van der Waals surface area contributed by atoms with E-state index in [2.05, 4.69) is 59.3 Å². The van der Waals surface area contributed by atoms with Crippen LogP contribution < -0.4 is 0 Å². The molecule has 4 nitrogen and oxygen atoms in total. The third-order valence-corrected chi connectivity index (χ3v) is 10.2.